The van der Waals surface area contributed by atoms with E-state index < -0.39 is 0 Å². The molecule has 0 unspecified atom stereocenters. The van der Waals surface area contributed by atoms with Crippen LogP contribution in [0.1, 0.15) is 5.01 Å². The molecule has 0 spiro atoms. The lowest BCUT2D eigenvalue weighted by molar-refractivity contribution is 0.203. The Kier molecular flexibility index (Phi) is 5.27. The quantitative estimate of drug-likeness (QED) is 0.789. The first kappa shape index (κ1) is 13.9. The molecule has 2 rings (SSSR count). The van der Waals surface area contributed by atoms with Gasteiger partial charge in [0.15, 0.2) is 0 Å². The molecule has 2 aromatic rings. The van der Waals surface area contributed by atoms with Crippen LogP contribution in [0.15, 0.2) is 48.4 Å². The molecule has 0 aliphatic carbocycles. The number of hydrogen-bond donors (Lipinski definition) is 1. The third kappa shape index (κ3) is 3.99. The van der Waals surface area contributed by atoms with E-state index in [1.54, 1.807) is 11.3 Å². The highest BCUT2D eigenvalue weighted by Gasteiger charge is 2.08. The van der Waals surface area contributed by atoms with Crippen molar-refractivity contribution < 1.29 is 5.11 Å². The summed E-state index contributed by atoms with van der Waals surface area (Å²) in [5.74, 6) is 0. The van der Waals surface area contributed by atoms with Crippen molar-refractivity contribution in [2.45, 2.75) is 6.54 Å². The Morgan fingerprint density at radius 2 is 2.11 bits per heavy atom. The highest BCUT2D eigenvalue weighted by molar-refractivity contribution is 7.09. The zero-order valence-corrected chi connectivity index (χ0v) is 11.6. The number of rotatable bonds is 7. The van der Waals surface area contributed by atoms with Crippen molar-refractivity contribution in [2.75, 3.05) is 19.7 Å². The lowest BCUT2D eigenvalue weighted by Gasteiger charge is -2.17. The van der Waals surface area contributed by atoms with E-state index in [0.29, 0.717) is 6.54 Å². The lowest BCUT2D eigenvalue weighted by Crippen LogP contribution is -2.26. The minimum atomic E-state index is 0.157. The van der Waals surface area contributed by atoms with Crippen LogP contribution in [0.2, 0.25) is 0 Å². The average molecular weight is 274 g/mol. The van der Waals surface area contributed by atoms with E-state index >= 15 is 0 Å². The first-order valence-corrected chi connectivity index (χ1v) is 7.15. The van der Waals surface area contributed by atoms with Gasteiger partial charge in [-0.15, -0.1) is 17.9 Å². The highest BCUT2D eigenvalue weighted by atomic mass is 32.1. The molecule has 0 saturated carbocycles. The van der Waals surface area contributed by atoms with Crippen LogP contribution in [0.3, 0.4) is 0 Å². The van der Waals surface area contributed by atoms with Gasteiger partial charge in [-0.1, -0.05) is 36.4 Å². The number of aliphatic hydroxyl groups is 1. The van der Waals surface area contributed by atoms with Crippen LogP contribution < -0.4 is 0 Å². The number of thiazole rings is 1. The fourth-order valence-corrected chi connectivity index (χ4v) is 2.72. The maximum absolute atomic E-state index is 9.03. The van der Waals surface area contributed by atoms with Gasteiger partial charge in [-0.3, -0.25) is 4.90 Å². The molecule has 100 valence electrons. The number of hydrogen-bond acceptors (Lipinski definition) is 4. The Labute approximate surface area is 117 Å². The molecule has 0 aliphatic rings. The predicted octanol–water partition coefficient (Wildman–Crippen LogP) is 2.79. The van der Waals surface area contributed by atoms with Gasteiger partial charge in [0.1, 0.15) is 5.01 Å². The zero-order valence-electron chi connectivity index (χ0n) is 10.8. The van der Waals surface area contributed by atoms with Crippen LogP contribution in [-0.4, -0.2) is 34.7 Å². The lowest BCUT2D eigenvalue weighted by atomic mass is 10.2. The molecule has 0 bridgehead atoms. The van der Waals surface area contributed by atoms with Crippen molar-refractivity contribution in [3.05, 3.63) is 53.4 Å². The summed E-state index contributed by atoms with van der Waals surface area (Å²) in [5, 5.41) is 12.2. The topological polar surface area (TPSA) is 36.4 Å². The monoisotopic (exact) mass is 274 g/mol. The summed E-state index contributed by atoms with van der Waals surface area (Å²) in [6.07, 6.45) is 1.85. The fourth-order valence-electron chi connectivity index (χ4n) is 1.88. The highest BCUT2D eigenvalue weighted by Crippen LogP contribution is 2.22. The van der Waals surface area contributed by atoms with E-state index in [9.17, 15) is 0 Å². The Balaban J connectivity index is 2.06. The molecular weight excluding hydrogens is 256 g/mol. The molecule has 0 aliphatic heterocycles. The van der Waals surface area contributed by atoms with E-state index in [1.807, 2.05) is 24.3 Å². The summed E-state index contributed by atoms with van der Waals surface area (Å²) < 4.78 is 0. The van der Waals surface area contributed by atoms with Gasteiger partial charge in [0.25, 0.3) is 0 Å². The van der Waals surface area contributed by atoms with Crippen LogP contribution in [0.4, 0.5) is 0 Å². The molecule has 3 nitrogen and oxygen atoms in total. The van der Waals surface area contributed by atoms with Gasteiger partial charge in [0.2, 0.25) is 0 Å². The molecule has 1 heterocycles. The largest absolute Gasteiger partial charge is 0.395 e. The molecule has 19 heavy (non-hydrogen) atoms. The molecular formula is C15H18N2OS. The Morgan fingerprint density at radius 3 is 2.79 bits per heavy atom. The van der Waals surface area contributed by atoms with Crippen LogP contribution in [-0.2, 0) is 6.54 Å². The molecule has 0 amide bonds. The van der Waals surface area contributed by atoms with Crippen molar-refractivity contribution in [3.8, 4) is 11.3 Å². The summed E-state index contributed by atoms with van der Waals surface area (Å²) >= 11 is 1.66. The Hall–Kier alpha value is -1.49. The van der Waals surface area contributed by atoms with Gasteiger partial charge < -0.3 is 5.11 Å². The average Bonchev–Trinajstić information content (AvgIpc) is 2.89. The van der Waals surface area contributed by atoms with Gasteiger partial charge in [-0.25, -0.2) is 4.98 Å². The Bertz CT molecular complexity index is 510. The van der Waals surface area contributed by atoms with Crippen molar-refractivity contribution >= 4 is 11.3 Å². The molecule has 1 aromatic heterocycles. The second-order valence-corrected chi connectivity index (χ2v) is 5.18. The summed E-state index contributed by atoms with van der Waals surface area (Å²) in [7, 11) is 0. The third-order valence-electron chi connectivity index (χ3n) is 2.78. The fraction of sp³-hybridized carbons (Fsp3) is 0.267. The van der Waals surface area contributed by atoms with Gasteiger partial charge in [0.05, 0.1) is 18.8 Å². The molecule has 0 radical (unpaired) electrons. The number of nitrogens with zero attached hydrogens (tertiary/aromatic N) is 2. The summed E-state index contributed by atoms with van der Waals surface area (Å²) in [4.78, 5) is 6.77. The first-order chi connectivity index (χ1) is 9.33. The van der Waals surface area contributed by atoms with Crippen molar-refractivity contribution in [2.24, 2.45) is 0 Å². The van der Waals surface area contributed by atoms with E-state index in [4.69, 9.17) is 5.11 Å². The predicted molar refractivity (Wildman–Crippen MR) is 80.1 cm³/mol. The SMILES string of the molecule is C=CCN(CCO)Cc1nc(-c2ccccc2)cs1. The summed E-state index contributed by atoms with van der Waals surface area (Å²) in [6.45, 7) is 6.06. The van der Waals surface area contributed by atoms with Crippen molar-refractivity contribution in [3.63, 3.8) is 0 Å². The van der Waals surface area contributed by atoms with Crippen LogP contribution in [0.5, 0.6) is 0 Å². The van der Waals surface area contributed by atoms with Gasteiger partial charge in [-0.05, 0) is 0 Å². The van der Waals surface area contributed by atoms with Gasteiger partial charge in [0, 0.05) is 24.0 Å². The normalized spacial score (nSPS) is 10.8. The van der Waals surface area contributed by atoms with E-state index in [1.165, 1.54) is 0 Å². The molecule has 1 aromatic carbocycles. The minimum absolute atomic E-state index is 0.157. The zero-order chi connectivity index (χ0) is 13.5. The smallest absolute Gasteiger partial charge is 0.107 e. The van der Waals surface area contributed by atoms with Crippen LogP contribution >= 0.6 is 11.3 Å². The van der Waals surface area contributed by atoms with Crippen molar-refractivity contribution in [1.29, 1.82) is 0 Å². The molecule has 1 N–H and O–H groups in total. The summed E-state index contributed by atoms with van der Waals surface area (Å²) in [5.41, 5.74) is 2.16. The van der Waals surface area contributed by atoms with E-state index in [-0.39, 0.29) is 6.61 Å². The first-order valence-electron chi connectivity index (χ1n) is 6.27. The number of aliphatic hydroxyl groups excluding tert-OH is 1. The van der Waals surface area contributed by atoms with Crippen molar-refractivity contribution in [1.82, 2.24) is 9.88 Å². The third-order valence-corrected chi connectivity index (χ3v) is 3.62. The maximum Gasteiger partial charge on any atom is 0.107 e. The van der Waals surface area contributed by atoms with E-state index in [2.05, 4.69) is 34.0 Å². The Morgan fingerprint density at radius 1 is 1.32 bits per heavy atom. The van der Waals surface area contributed by atoms with Crippen LogP contribution in [0, 0.1) is 0 Å². The van der Waals surface area contributed by atoms with Gasteiger partial charge in [-0.2, -0.15) is 0 Å². The number of aromatic nitrogens is 1. The second-order valence-electron chi connectivity index (χ2n) is 4.24. The molecule has 0 saturated heterocycles. The molecule has 0 fully saturated rings. The van der Waals surface area contributed by atoms with E-state index in [0.717, 1.165) is 29.4 Å². The standard InChI is InChI=1S/C15H18N2OS/c1-2-8-17(9-10-18)11-15-16-14(12-19-15)13-6-4-3-5-7-13/h2-7,12,18H,1,8-11H2. The van der Waals surface area contributed by atoms with Crippen LogP contribution in [0.25, 0.3) is 11.3 Å². The van der Waals surface area contributed by atoms with Gasteiger partial charge >= 0.3 is 0 Å². The molecule has 0 atom stereocenters. The summed E-state index contributed by atoms with van der Waals surface area (Å²) in [6, 6.07) is 10.2. The molecule has 4 heteroatoms. The second kappa shape index (κ2) is 7.19. The maximum atomic E-state index is 9.03. The minimum Gasteiger partial charge on any atom is -0.395 e. The number of benzene rings is 1.